The highest BCUT2D eigenvalue weighted by atomic mass is 16.1. The first-order valence-electron chi connectivity index (χ1n) is 5.39. The van der Waals surface area contributed by atoms with Gasteiger partial charge in [0.05, 0.1) is 0 Å². The lowest BCUT2D eigenvalue weighted by Crippen LogP contribution is -2.10. The van der Waals surface area contributed by atoms with E-state index in [1.807, 2.05) is 0 Å². The van der Waals surface area contributed by atoms with Gasteiger partial charge in [-0.05, 0) is 25.3 Å². The Labute approximate surface area is 87.3 Å². The van der Waals surface area contributed by atoms with Crippen molar-refractivity contribution < 1.29 is 4.79 Å². The topological polar surface area (TPSA) is 43.1 Å². The van der Waals surface area contributed by atoms with Gasteiger partial charge in [-0.15, -0.1) is 12.3 Å². The van der Waals surface area contributed by atoms with Gasteiger partial charge in [0.25, 0.3) is 0 Å². The van der Waals surface area contributed by atoms with E-state index >= 15 is 0 Å². The summed E-state index contributed by atoms with van der Waals surface area (Å²) < 4.78 is 0. The van der Waals surface area contributed by atoms with Gasteiger partial charge in [-0.3, -0.25) is 4.79 Å². The van der Waals surface area contributed by atoms with E-state index in [-0.39, 0.29) is 0 Å². The van der Waals surface area contributed by atoms with E-state index in [4.69, 9.17) is 12.2 Å². The summed E-state index contributed by atoms with van der Waals surface area (Å²) in [6.07, 6.45) is 9.97. The van der Waals surface area contributed by atoms with Crippen molar-refractivity contribution in [3.8, 4) is 12.3 Å². The highest BCUT2D eigenvalue weighted by Gasteiger charge is 2.08. The number of carbonyl (C=O) groups excluding carboxylic acids is 1. The van der Waals surface area contributed by atoms with Crippen molar-refractivity contribution in [2.24, 2.45) is 11.7 Å². The van der Waals surface area contributed by atoms with Crippen LogP contribution in [0.3, 0.4) is 0 Å². The van der Waals surface area contributed by atoms with E-state index in [0.29, 0.717) is 31.0 Å². The SMILES string of the molecule is C#CCCC(=O)CCC(CC)CCN. The van der Waals surface area contributed by atoms with Gasteiger partial charge in [-0.2, -0.15) is 0 Å². The third kappa shape index (κ3) is 6.68. The van der Waals surface area contributed by atoms with Crippen LogP contribution in [0.15, 0.2) is 0 Å². The fourth-order valence-corrected chi connectivity index (χ4v) is 1.49. The van der Waals surface area contributed by atoms with Crippen LogP contribution in [0.5, 0.6) is 0 Å². The number of terminal acetylenes is 1. The second kappa shape index (κ2) is 8.77. The van der Waals surface area contributed by atoms with Crippen molar-refractivity contribution >= 4 is 5.78 Å². The van der Waals surface area contributed by atoms with E-state index in [2.05, 4.69) is 12.8 Å². The number of carbonyl (C=O) groups is 1. The van der Waals surface area contributed by atoms with Crippen molar-refractivity contribution in [1.82, 2.24) is 0 Å². The van der Waals surface area contributed by atoms with Gasteiger partial charge in [0, 0.05) is 19.3 Å². The van der Waals surface area contributed by atoms with Gasteiger partial charge >= 0.3 is 0 Å². The summed E-state index contributed by atoms with van der Waals surface area (Å²) in [6.45, 7) is 2.86. The molecule has 2 nitrogen and oxygen atoms in total. The lowest BCUT2D eigenvalue weighted by molar-refractivity contribution is -0.119. The zero-order chi connectivity index (χ0) is 10.8. The molecule has 80 valence electrons. The molecule has 0 aromatic heterocycles. The van der Waals surface area contributed by atoms with Crippen LogP contribution in [0.1, 0.15) is 45.4 Å². The third-order valence-electron chi connectivity index (χ3n) is 2.53. The summed E-state index contributed by atoms with van der Waals surface area (Å²) in [6, 6.07) is 0. The zero-order valence-electron chi connectivity index (χ0n) is 9.09. The van der Waals surface area contributed by atoms with Crippen LogP contribution in [-0.2, 0) is 4.79 Å². The van der Waals surface area contributed by atoms with Crippen LogP contribution in [0.4, 0.5) is 0 Å². The molecule has 0 fully saturated rings. The summed E-state index contributed by atoms with van der Waals surface area (Å²) in [5.41, 5.74) is 5.48. The minimum absolute atomic E-state index is 0.290. The van der Waals surface area contributed by atoms with Gasteiger partial charge in [0.1, 0.15) is 5.78 Å². The number of Topliss-reactive ketones (excluding diaryl/α,β-unsaturated/α-hetero) is 1. The van der Waals surface area contributed by atoms with Crippen molar-refractivity contribution in [2.45, 2.75) is 45.4 Å². The number of ketones is 1. The lowest BCUT2D eigenvalue weighted by Gasteiger charge is -2.12. The standard InChI is InChI=1S/C12H21NO/c1-3-5-6-12(14)8-7-11(4-2)9-10-13/h1,11H,4-10,13H2,2H3. The minimum atomic E-state index is 0.290. The molecule has 0 heterocycles. The van der Waals surface area contributed by atoms with Gasteiger partial charge in [0.15, 0.2) is 0 Å². The Hall–Kier alpha value is -0.810. The summed E-state index contributed by atoms with van der Waals surface area (Å²) >= 11 is 0. The molecule has 0 saturated heterocycles. The van der Waals surface area contributed by atoms with Crippen LogP contribution >= 0.6 is 0 Å². The molecule has 1 atom stereocenters. The Morgan fingerprint density at radius 1 is 1.43 bits per heavy atom. The predicted octanol–water partition coefficient (Wildman–Crippen LogP) is 2.12. The van der Waals surface area contributed by atoms with Gasteiger partial charge in [-0.1, -0.05) is 13.3 Å². The highest BCUT2D eigenvalue weighted by molar-refractivity contribution is 5.78. The molecule has 0 amide bonds. The molecule has 0 aliphatic heterocycles. The zero-order valence-corrected chi connectivity index (χ0v) is 9.09. The average molecular weight is 195 g/mol. The molecule has 0 radical (unpaired) electrons. The van der Waals surface area contributed by atoms with Gasteiger partial charge in [-0.25, -0.2) is 0 Å². The molecular formula is C12H21NO. The first-order chi connectivity index (χ1) is 6.74. The fourth-order valence-electron chi connectivity index (χ4n) is 1.49. The van der Waals surface area contributed by atoms with Crippen LogP contribution in [-0.4, -0.2) is 12.3 Å². The normalized spacial score (nSPS) is 12.1. The second-order valence-electron chi connectivity index (χ2n) is 3.63. The Morgan fingerprint density at radius 3 is 2.64 bits per heavy atom. The summed E-state index contributed by atoms with van der Waals surface area (Å²) in [5.74, 6) is 3.38. The van der Waals surface area contributed by atoms with E-state index in [0.717, 1.165) is 25.8 Å². The van der Waals surface area contributed by atoms with Crippen LogP contribution in [0.2, 0.25) is 0 Å². The number of hydrogen-bond acceptors (Lipinski definition) is 2. The van der Waals surface area contributed by atoms with E-state index in [1.165, 1.54) is 0 Å². The number of rotatable bonds is 8. The first kappa shape index (κ1) is 13.2. The van der Waals surface area contributed by atoms with Crippen molar-refractivity contribution in [1.29, 1.82) is 0 Å². The van der Waals surface area contributed by atoms with Crippen LogP contribution in [0, 0.1) is 18.3 Å². The lowest BCUT2D eigenvalue weighted by atomic mass is 9.95. The average Bonchev–Trinajstić information content (AvgIpc) is 2.21. The quantitative estimate of drug-likeness (QED) is 0.603. The first-order valence-corrected chi connectivity index (χ1v) is 5.39. The molecule has 0 aliphatic carbocycles. The molecule has 0 aromatic rings. The minimum Gasteiger partial charge on any atom is -0.330 e. The molecule has 0 spiro atoms. The smallest absolute Gasteiger partial charge is 0.133 e. The molecule has 0 bridgehead atoms. The highest BCUT2D eigenvalue weighted by Crippen LogP contribution is 2.15. The monoisotopic (exact) mass is 195 g/mol. The molecule has 0 aliphatic rings. The Balaban J connectivity index is 3.58. The fraction of sp³-hybridized carbons (Fsp3) is 0.750. The Bertz CT molecular complexity index is 193. The third-order valence-corrected chi connectivity index (χ3v) is 2.53. The number of nitrogens with two attached hydrogens (primary N) is 1. The van der Waals surface area contributed by atoms with Crippen molar-refractivity contribution in [2.75, 3.05) is 6.54 Å². The largest absolute Gasteiger partial charge is 0.330 e. The van der Waals surface area contributed by atoms with Crippen LogP contribution < -0.4 is 5.73 Å². The predicted molar refractivity (Wildman–Crippen MR) is 59.8 cm³/mol. The Morgan fingerprint density at radius 2 is 2.14 bits per heavy atom. The molecule has 2 heteroatoms. The summed E-state index contributed by atoms with van der Waals surface area (Å²) in [5, 5.41) is 0. The maximum absolute atomic E-state index is 11.3. The second-order valence-corrected chi connectivity index (χ2v) is 3.63. The van der Waals surface area contributed by atoms with E-state index in [1.54, 1.807) is 0 Å². The molecular weight excluding hydrogens is 174 g/mol. The maximum atomic E-state index is 11.3. The molecule has 14 heavy (non-hydrogen) atoms. The van der Waals surface area contributed by atoms with Crippen molar-refractivity contribution in [3.63, 3.8) is 0 Å². The van der Waals surface area contributed by atoms with Crippen molar-refractivity contribution in [3.05, 3.63) is 0 Å². The van der Waals surface area contributed by atoms with E-state index < -0.39 is 0 Å². The van der Waals surface area contributed by atoms with Crippen LogP contribution in [0.25, 0.3) is 0 Å². The maximum Gasteiger partial charge on any atom is 0.133 e. The molecule has 1 unspecified atom stereocenters. The molecule has 2 N–H and O–H groups in total. The molecule has 0 aromatic carbocycles. The van der Waals surface area contributed by atoms with E-state index in [9.17, 15) is 4.79 Å². The van der Waals surface area contributed by atoms with Gasteiger partial charge in [0.2, 0.25) is 0 Å². The summed E-state index contributed by atoms with van der Waals surface area (Å²) in [7, 11) is 0. The molecule has 0 saturated carbocycles. The summed E-state index contributed by atoms with van der Waals surface area (Å²) in [4.78, 5) is 11.3. The number of hydrogen-bond donors (Lipinski definition) is 1. The molecule has 0 rings (SSSR count). The van der Waals surface area contributed by atoms with Gasteiger partial charge < -0.3 is 5.73 Å². The Kier molecular flexibility index (Phi) is 8.27.